The molecule has 2 heterocycles. The van der Waals surface area contributed by atoms with E-state index in [1.165, 1.54) is 33.3 Å². The summed E-state index contributed by atoms with van der Waals surface area (Å²) in [5.74, 6) is 0. The molecule has 21 heavy (non-hydrogen) atoms. The van der Waals surface area contributed by atoms with E-state index in [1.807, 2.05) is 6.07 Å². The normalized spacial score (nSPS) is 17.9. The quantitative estimate of drug-likeness (QED) is 0.715. The van der Waals surface area contributed by atoms with Gasteiger partial charge in [-0.1, -0.05) is 30.3 Å². The molecule has 2 N–H and O–H groups in total. The van der Waals surface area contributed by atoms with Crippen molar-refractivity contribution in [3.63, 3.8) is 0 Å². The topological polar surface area (TPSA) is 40.7 Å². The molecule has 0 aliphatic carbocycles. The highest BCUT2D eigenvalue weighted by atomic mass is 15.1. The maximum absolute atomic E-state index is 4.45. The number of nitrogens with zero attached hydrogens (tertiary/aromatic N) is 1. The molecule has 2 aromatic carbocycles. The Labute approximate surface area is 124 Å². The van der Waals surface area contributed by atoms with E-state index in [2.05, 4.69) is 59.7 Å². The van der Waals surface area contributed by atoms with Gasteiger partial charge < -0.3 is 5.32 Å². The van der Waals surface area contributed by atoms with Gasteiger partial charge >= 0.3 is 0 Å². The van der Waals surface area contributed by atoms with Crippen molar-refractivity contribution in [2.75, 3.05) is 6.54 Å². The highest BCUT2D eigenvalue weighted by molar-refractivity contribution is 5.82. The van der Waals surface area contributed by atoms with E-state index in [4.69, 9.17) is 0 Å². The molecule has 0 unspecified atom stereocenters. The van der Waals surface area contributed by atoms with E-state index < -0.39 is 0 Å². The van der Waals surface area contributed by atoms with Gasteiger partial charge in [-0.3, -0.25) is 5.10 Å². The van der Waals surface area contributed by atoms with Gasteiger partial charge in [-0.05, 0) is 48.6 Å². The number of hydrogen-bond acceptors (Lipinski definition) is 2. The Morgan fingerprint density at radius 1 is 1.05 bits per heavy atom. The average Bonchev–Trinajstić information content (AvgIpc) is 2.94. The highest BCUT2D eigenvalue weighted by Crippen LogP contribution is 2.34. The first-order valence-electron chi connectivity index (χ1n) is 7.51. The maximum atomic E-state index is 4.45. The number of para-hydroxylation sites is 1. The molecule has 1 aromatic heterocycles. The Morgan fingerprint density at radius 2 is 1.86 bits per heavy atom. The highest BCUT2D eigenvalue weighted by Gasteiger charge is 2.26. The molecule has 106 valence electrons. The second-order valence-electron chi connectivity index (χ2n) is 5.88. The second kappa shape index (κ2) is 4.71. The number of aromatic nitrogens is 2. The number of benzene rings is 2. The second-order valence-corrected chi connectivity index (χ2v) is 5.88. The minimum atomic E-state index is 0.209. The van der Waals surface area contributed by atoms with E-state index in [0.717, 1.165) is 18.5 Å². The fourth-order valence-corrected chi connectivity index (χ4v) is 3.51. The van der Waals surface area contributed by atoms with Crippen LogP contribution in [0.15, 0.2) is 36.4 Å². The van der Waals surface area contributed by atoms with Crippen LogP contribution in [0.1, 0.15) is 34.0 Å². The smallest absolute Gasteiger partial charge is 0.0924 e. The molecule has 0 bridgehead atoms. The summed E-state index contributed by atoms with van der Waals surface area (Å²) in [5, 5.41) is 12.6. The lowest BCUT2D eigenvalue weighted by atomic mass is 9.85. The standard InChI is InChI=1S/C18H19N3/c1-11-7-8-12(2)16-13(11)9-10-19-18(16)17-14-5-3-4-6-15(14)20-21-17/h3-8,18-19H,9-10H2,1-2H3,(H,20,21)/t18-/m1/s1. The molecule has 0 amide bonds. The van der Waals surface area contributed by atoms with Gasteiger partial charge in [0.25, 0.3) is 0 Å². The summed E-state index contributed by atoms with van der Waals surface area (Å²) in [4.78, 5) is 0. The molecule has 1 aliphatic rings. The largest absolute Gasteiger partial charge is 0.305 e. The predicted molar refractivity (Wildman–Crippen MR) is 85.6 cm³/mol. The summed E-state index contributed by atoms with van der Waals surface area (Å²) in [6.07, 6.45) is 1.10. The van der Waals surface area contributed by atoms with E-state index in [0.29, 0.717) is 0 Å². The Morgan fingerprint density at radius 3 is 2.76 bits per heavy atom. The summed E-state index contributed by atoms with van der Waals surface area (Å²) in [6.45, 7) is 5.43. The number of fused-ring (bicyclic) bond motifs is 2. The zero-order valence-corrected chi connectivity index (χ0v) is 12.4. The Kier molecular flexibility index (Phi) is 2.82. The van der Waals surface area contributed by atoms with Crippen LogP contribution >= 0.6 is 0 Å². The van der Waals surface area contributed by atoms with Crippen molar-refractivity contribution in [1.82, 2.24) is 15.5 Å². The Balaban J connectivity index is 1.94. The monoisotopic (exact) mass is 277 g/mol. The van der Waals surface area contributed by atoms with Gasteiger partial charge in [0, 0.05) is 11.9 Å². The van der Waals surface area contributed by atoms with Crippen molar-refractivity contribution in [3.8, 4) is 0 Å². The van der Waals surface area contributed by atoms with Gasteiger partial charge in [-0.25, -0.2) is 0 Å². The van der Waals surface area contributed by atoms with Crippen molar-refractivity contribution >= 4 is 10.9 Å². The van der Waals surface area contributed by atoms with Crippen LogP contribution in [0.4, 0.5) is 0 Å². The van der Waals surface area contributed by atoms with Crippen molar-refractivity contribution in [3.05, 3.63) is 64.3 Å². The SMILES string of the molecule is Cc1ccc(C)c2c1CCN[C@H]2c1[nH]nc2ccccc12. The fraction of sp³-hybridized carbons (Fsp3) is 0.278. The first-order chi connectivity index (χ1) is 10.3. The maximum Gasteiger partial charge on any atom is 0.0924 e. The van der Waals surface area contributed by atoms with Crippen molar-refractivity contribution in [2.45, 2.75) is 26.3 Å². The van der Waals surface area contributed by atoms with E-state index in [9.17, 15) is 0 Å². The Hall–Kier alpha value is -2.13. The minimum Gasteiger partial charge on any atom is -0.305 e. The van der Waals surface area contributed by atoms with Crippen LogP contribution in [-0.4, -0.2) is 16.7 Å². The zero-order chi connectivity index (χ0) is 14.4. The summed E-state index contributed by atoms with van der Waals surface area (Å²) in [7, 11) is 0. The molecule has 1 atom stereocenters. The third kappa shape index (κ3) is 1.88. The first-order valence-corrected chi connectivity index (χ1v) is 7.51. The van der Waals surface area contributed by atoms with Gasteiger partial charge in [0.15, 0.2) is 0 Å². The lowest BCUT2D eigenvalue weighted by molar-refractivity contribution is 0.554. The number of hydrogen-bond donors (Lipinski definition) is 2. The van der Waals surface area contributed by atoms with Crippen LogP contribution in [0.3, 0.4) is 0 Å². The minimum absolute atomic E-state index is 0.209. The molecule has 0 radical (unpaired) electrons. The number of aromatic amines is 1. The lowest BCUT2D eigenvalue weighted by Crippen LogP contribution is -2.32. The number of nitrogens with one attached hydrogen (secondary N) is 2. The molecule has 0 spiro atoms. The zero-order valence-electron chi connectivity index (χ0n) is 12.4. The predicted octanol–water partition coefficient (Wildman–Crippen LogP) is 3.41. The summed E-state index contributed by atoms with van der Waals surface area (Å²) in [5.41, 5.74) is 7.89. The molecule has 4 rings (SSSR count). The summed E-state index contributed by atoms with van der Waals surface area (Å²) < 4.78 is 0. The molecular formula is C18H19N3. The van der Waals surface area contributed by atoms with Gasteiger partial charge in [-0.2, -0.15) is 5.10 Å². The average molecular weight is 277 g/mol. The van der Waals surface area contributed by atoms with Crippen LogP contribution in [-0.2, 0) is 6.42 Å². The number of aryl methyl sites for hydroxylation is 2. The van der Waals surface area contributed by atoms with Crippen LogP contribution in [0.2, 0.25) is 0 Å². The van der Waals surface area contributed by atoms with Crippen LogP contribution < -0.4 is 5.32 Å². The van der Waals surface area contributed by atoms with Crippen molar-refractivity contribution < 1.29 is 0 Å². The molecule has 3 heteroatoms. The molecule has 1 aliphatic heterocycles. The van der Waals surface area contributed by atoms with E-state index >= 15 is 0 Å². The molecule has 3 nitrogen and oxygen atoms in total. The summed E-state index contributed by atoms with van der Waals surface area (Å²) in [6, 6.07) is 13.0. The van der Waals surface area contributed by atoms with Crippen LogP contribution in [0, 0.1) is 13.8 Å². The molecule has 3 aromatic rings. The van der Waals surface area contributed by atoms with Gasteiger partial charge in [0.2, 0.25) is 0 Å². The van der Waals surface area contributed by atoms with Crippen LogP contribution in [0.5, 0.6) is 0 Å². The van der Waals surface area contributed by atoms with Gasteiger partial charge in [0.05, 0.1) is 17.3 Å². The lowest BCUT2D eigenvalue weighted by Gasteiger charge is -2.29. The van der Waals surface area contributed by atoms with Crippen molar-refractivity contribution in [1.29, 1.82) is 0 Å². The number of rotatable bonds is 1. The molecule has 0 saturated heterocycles. The van der Waals surface area contributed by atoms with Gasteiger partial charge in [0.1, 0.15) is 0 Å². The summed E-state index contributed by atoms with van der Waals surface area (Å²) >= 11 is 0. The first kappa shape index (κ1) is 12.6. The van der Waals surface area contributed by atoms with Gasteiger partial charge in [-0.15, -0.1) is 0 Å². The fourth-order valence-electron chi connectivity index (χ4n) is 3.51. The number of H-pyrrole nitrogens is 1. The van der Waals surface area contributed by atoms with E-state index in [1.54, 1.807) is 0 Å². The van der Waals surface area contributed by atoms with E-state index in [-0.39, 0.29) is 6.04 Å². The van der Waals surface area contributed by atoms with Crippen molar-refractivity contribution in [2.24, 2.45) is 0 Å². The third-order valence-corrected chi connectivity index (χ3v) is 4.60. The third-order valence-electron chi connectivity index (χ3n) is 4.60. The Bertz CT molecular complexity index is 816. The molecule has 0 saturated carbocycles. The molecular weight excluding hydrogens is 258 g/mol. The molecule has 0 fully saturated rings. The van der Waals surface area contributed by atoms with Crippen LogP contribution in [0.25, 0.3) is 10.9 Å².